The summed E-state index contributed by atoms with van der Waals surface area (Å²) in [5.41, 5.74) is 1.43. The molecule has 0 bridgehead atoms. The van der Waals surface area contributed by atoms with Crippen molar-refractivity contribution in [1.82, 2.24) is 19.8 Å². The molecule has 0 atom stereocenters. The predicted octanol–water partition coefficient (Wildman–Crippen LogP) is 2.51. The Morgan fingerprint density at radius 2 is 2.04 bits per heavy atom. The Kier molecular flexibility index (Phi) is 6.53. The number of imidazole rings is 1. The maximum absolute atomic E-state index is 12.1. The van der Waals surface area contributed by atoms with Gasteiger partial charge in [-0.15, -0.1) is 0 Å². The third kappa shape index (κ3) is 5.34. The lowest BCUT2D eigenvalue weighted by Crippen LogP contribution is -2.41. The second-order valence-corrected chi connectivity index (χ2v) is 7.54. The van der Waals surface area contributed by atoms with E-state index in [9.17, 15) is 4.79 Å². The van der Waals surface area contributed by atoms with E-state index in [1.54, 1.807) is 18.0 Å². The smallest absolute Gasteiger partial charge is 0.234 e. The van der Waals surface area contributed by atoms with Gasteiger partial charge < -0.3 is 9.88 Å². The minimum absolute atomic E-state index is 0.124. The summed E-state index contributed by atoms with van der Waals surface area (Å²) in [5.74, 6) is 1.60. The molecule has 1 aliphatic heterocycles. The van der Waals surface area contributed by atoms with Gasteiger partial charge in [-0.1, -0.05) is 42.1 Å². The molecule has 1 amide bonds. The van der Waals surface area contributed by atoms with Crippen molar-refractivity contribution in [2.45, 2.75) is 23.9 Å². The molecule has 0 aliphatic carbocycles. The van der Waals surface area contributed by atoms with Crippen LogP contribution in [0.1, 0.15) is 24.3 Å². The van der Waals surface area contributed by atoms with Crippen LogP contribution >= 0.6 is 11.8 Å². The Balaban J connectivity index is 1.32. The number of thioether (sulfide) groups is 1. The maximum Gasteiger partial charge on any atom is 0.234 e. The number of amides is 1. The van der Waals surface area contributed by atoms with E-state index in [1.807, 2.05) is 17.8 Å². The topological polar surface area (TPSA) is 50.2 Å². The molecule has 1 aromatic heterocycles. The van der Waals surface area contributed by atoms with Crippen molar-refractivity contribution in [2.24, 2.45) is 7.05 Å². The van der Waals surface area contributed by atoms with Gasteiger partial charge >= 0.3 is 0 Å². The Bertz CT molecular complexity index is 665. The van der Waals surface area contributed by atoms with Crippen LogP contribution < -0.4 is 5.32 Å². The van der Waals surface area contributed by atoms with Crippen molar-refractivity contribution in [3.63, 3.8) is 0 Å². The molecule has 2 aromatic rings. The first-order valence-electron chi connectivity index (χ1n) is 8.86. The van der Waals surface area contributed by atoms with Gasteiger partial charge in [0.05, 0.1) is 6.54 Å². The molecular weight excluding hydrogens is 332 g/mol. The van der Waals surface area contributed by atoms with E-state index in [2.05, 4.69) is 45.5 Å². The summed E-state index contributed by atoms with van der Waals surface area (Å²) in [4.78, 5) is 18.6. The molecule has 6 heteroatoms. The average molecular weight is 359 g/mol. The van der Waals surface area contributed by atoms with Crippen molar-refractivity contribution in [1.29, 1.82) is 0 Å². The summed E-state index contributed by atoms with van der Waals surface area (Å²) in [6.45, 7) is 3.18. The largest absolute Gasteiger partial charge is 0.354 e. The number of nitrogens with one attached hydrogen (secondary N) is 1. The van der Waals surface area contributed by atoms with Gasteiger partial charge in [-0.2, -0.15) is 0 Å². The molecule has 134 valence electrons. The fourth-order valence-corrected chi connectivity index (χ4v) is 4.02. The summed E-state index contributed by atoms with van der Waals surface area (Å²) in [5, 5.41) is 4.00. The lowest BCUT2D eigenvalue weighted by Gasteiger charge is -2.31. The number of aryl methyl sites for hydroxylation is 1. The monoisotopic (exact) mass is 358 g/mol. The summed E-state index contributed by atoms with van der Waals surface area (Å²) >= 11 is 1.66. The quantitative estimate of drug-likeness (QED) is 0.610. The molecule has 1 saturated heterocycles. The zero-order chi connectivity index (χ0) is 17.5. The van der Waals surface area contributed by atoms with Crippen LogP contribution in [0.15, 0.2) is 47.9 Å². The molecule has 1 fully saturated rings. The standard InChI is InChI=1S/C19H26N4OS/c1-22-13-9-21-19(22)25-14-10-20-18(24)15-23-11-7-17(8-12-23)16-5-3-2-4-6-16/h2-6,9,13,17H,7-8,10-12,14-15H2,1H3,(H,20,24). The predicted molar refractivity (Wildman–Crippen MR) is 102 cm³/mol. The highest BCUT2D eigenvalue weighted by atomic mass is 32.2. The third-order valence-corrected chi connectivity index (χ3v) is 5.72. The van der Waals surface area contributed by atoms with E-state index in [-0.39, 0.29) is 5.91 Å². The highest BCUT2D eigenvalue weighted by molar-refractivity contribution is 7.99. The van der Waals surface area contributed by atoms with Gasteiger partial charge in [-0.05, 0) is 37.4 Å². The van der Waals surface area contributed by atoms with E-state index in [0.717, 1.165) is 36.8 Å². The zero-order valence-electron chi connectivity index (χ0n) is 14.7. The first-order valence-corrected chi connectivity index (χ1v) is 9.85. The van der Waals surface area contributed by atoms with Gasteiger partial charge in [0.2, 0.25) is 5.91 Å². The van der Waals surface area contributed by atoms with Crippen molar-refractivity contribution in [2.75, 3.05) is 31.9 Å². The highest BCUT2D eigenvalue weighted by Crippen LogP contribution is 2.27. The van der Waals surface area contributed by atoms with E-state index in [4.69, 9.17) is 0 Å². The zero-order valence-corrected chi connectivity index (χ0v) is 15.5. The first-order chi connectivity index (χ1) is 12.2. The number of carbonyl (C=O) groups is 1. The van der Waals surface area contributed by atoms with Crippen LogP contribution in [0.4, 0.5) is 0 Å². The summed E-state index contributed by atoms with van der Waals surface area (Å²) < 4.78 is 1.99. The molecule has 1 aromatic carbocycles. The fraction of sp³-hybridized carbons (Fsp3) is 0.474. The second-order valence-electron chi connectivity index (χ2n) is 6.48. The number of nitrogens with zero attached hydrogens (tertiary/aromatic N) is 3. The number of hydrogen-bond acceptors (Lipinski definition) is 4. The molecular formula is C19H26N4OS. The van der Waals surface area contributed by atoms with Gasteiger partial charge in [-0.25, -0.2) is 4.98 Å². The van der Waals surface area contributed by atoms with Crippen molar-refractivity contribution >= 4 is 17.7 Å². The van der Waals surface area contributed by atoms with E-state index < -0.39 is 0 Å². The van der Waals surface area contributed by atoms with Crippen molar-refractivity contribution in [3.05, 3.63) is 48.3 Å². The third-order valence-electron chi connectivity index (χ3n) is 4.66. The van der Waals surface area contributed by atoms with Crippen LogP contribution in [0.5, 0.6) is 0 Å². The molecule has 5 nitrogen and oxygen atoms in total. The molecule has 1 N–H and O–H groups in total. The Morgan fingerprint density at radius 3 is 2.72 bits per heavy atom. The molecule has 1 aliphatic rings. The SMILES string of the molecule is Cn1ccnc1SCCNC(=O)CN1CCC(c2ccccc2)CC1. The van der Waals surface area contributed by atoms with E-state index in [1.165, 1.54) is 5.56 Å². The molecule has 0 saturated carbocycles. The number of hydrogen-bond donors (Lipinski definition) is 1. The Hall–Kier alpha value is -1.79. The average Bonchev–Trinajstić information content (AvgIpc) is 3.05. The molecule has 3 rings (SSSR count). The normalized spacial score (nSPS) is 16.0. The summed E-state index contributed by atoms with van der Waals surface area (Å²) in [6, 6.07) is 10.7. The van der Waals surface area contributed by atoms with E-state index >= 15 is 0 Å². The van der Waals surface area contributed by atoms with Crippen LogP contribution in [-0.2, 0) is 11.8 Å². The minimum atomic E-state index is 0.124. The van der Waals surface area contributed by atoms with Gasteiger partial charge in [-0.3, -0.25) is 9.69 Å². The van der Waals surface area contributed by atoms with Crippen LogP contribution in [-0.4, -0.2) is 52.3 Å². The molecule has 0 radical (unpaired) electrons. The second kappa shape index (κ2) is 9.06. The first kappa shape index (κ1) is 18.0. The van der Waals surface area contributed by atoms with Gasteiger partial charge in [0.25, 0.3) is 0 Å². The number of carbonyl (C=O) groups excluding carboxylic acids is 1. The highest BCUT2D eigenvalue weighted by Gasteiger charge is 2.21. The van der Waals surface area contributed by atoms with Crippen LogP contribution in [0.25, 0.3) is 0 Å². The Morgan fingerprint density at radius 1 is 1.28 bits per heavy atom. The van der Waals surface area contributed by atoms with Crippen LogP contribution in [0, 0.1) is 0 Å². The minimum Gasteiger partial charge on any atom is -0.354 e. The van der Waals surface area contributed by atoms with Crippen LogP contribution in [0.3, 0.4) is 0 Å². The molecule has 0 unspecified atom stereocenters. The molecule has 2 heterocycles. The summed E-state index contributed by atoms with van der Waals surface area (Å²) in [6.07, 6.45) is 5.98. The number of rotatable bonds is 7. The lowest BCUT2D eigenvalue weighted by atomic mass is 9.89. The van der Waals surface area contributed by atoms with Crippen molar-refractivity contribution in [3.8, 4) is 0 Å². The lowest BCUT2D eigenvalue weighted by molar-refractivity contribution is -0.122. The number of benzene rings is 1. The number of aromatic nitrogens is 2. The molecule has 25 heavy (non-hydrogen) atoms. The van der Waals surface area contributed by atoms with Gasteiger partial charge in [0, 0.05) is 31.7 Å². The number of likely N-dealkylation sites (tertiary alicyclic amines) is 1. The van der Waals surface area contributed by atoms with Crippen molar-refractivity contribution < 1.29 is 4.79 Å². The van der Waals surface area contributed by atoms with Crippen LogP contribution in [0.2, 0.25) is 0 Å². The number of piperidine rings is 1. The Labute approximate surface area is 153 Å². The fourth-order valence-electron chi connectivity index (χ4n) is 3.23. The van der Waals surface area contributed by atoms with E-state index in [0.29, 0.717) is 19.0 Å². The van der Waals surface area contributed by atoms with Gasteiger partial charge in [0.15, 0.2) is 5.16 Å². The molecule has 0 spiro atoms. The summed E-state index contributed by atoms with van der Waals surface area (Å²) in [7, 11) is 1.98. The van der Waals surface area contributed by atoms with Gasteiger partial charge in [0.1, 0.15) is 0 Å². The maximum atomic E-state index is 12.1.